The molecule has 7 heteroatoms. The number of ketones is 1. The average molecular weight is 376 g/mol. The van der Waals surface area contributed by atoms with Crippen LogP contribution in [0.1, 0.15) is 21.5 Å². The molecule has 3 aromatic rings. The second kappa shape index (κ2) is 7.61. The van der Waals surface area contributed by atoms with Gasteiger partial charge < -0.3 is 14.7 Å². The number of benzene rings is 2. The number of pyridine rings is 1. The number of nitrogens with one attached hydrogen (secondary N) is 1. The highest BCUT2D eigenvalue weighted by molar-refractivity contribution is 6.14. The Kier molecular flexibility index (Phi) is 4.86. The predicted molar refractivity (Wildman–Crippen MR) is 100 cm³/mol. The molecule has 1 aromatic heterocycles. The van der Waals surface area contributed by atoms with Crippen LogP contribution in [0.25, 0.3) is 6.08 Å². The van der Waals surface area contributed by atoms with Gasteiger partial charge in [-0.2, -0.15) is 5.23 Å². The zero-order valence-corrected chi connectivity index (χ0v) is 14.7. The smallest absolute Gasteiger partial charge is 0.231 e. The van der Waals surface area contributed by atoms with Gasteiger partial charge in [0.15, 0.2) is 11.4 Å². The van der Waals surface area contributed by atoms with Gasteiger partial charge in [0.25, 0.3) is 0 Å². The van der Waals surface area contributed by atoms with Crippen LogP contribution < -0.4 is 14.7 Å². The number of carbonyl (C=O) groups excluding carboxylic acids is 1. The second-order valence-corrected chi connectivity index (χ2v) is 6.17. The summed E-state index contributed by atoms with van der Waals surface area (Å²) in [5.41, 5.74) is 2.31. The number of quaternary nitrogens is 1. The molecule has 0 fully saturated rings. The molecular formula is C21H16N2O5. The lowest BCUT2D eigenvalue weighted by Crippen LogP contribution is -2.99. The van der Waals surface area contributed by atoms with Gasteiger partial charge in [-0.3, -0.25) is 9.78 Å². The Labute approximate surface area is 160 Å². The first-order valence-electron chi connectivity index (χ1n) is 8.53. The Hall–Kier alpha value is -3.52. The summed E-state index contributed by atoms with van der Waals surface area (Å²) in [4.78, 5) is 16.5. The summed E-state index contributed by atoms with van der Waals surface area (Å²) in [5, 5.41) is 18.8. The van der Waals surface area contributed by atoms with E-state index in [1.165, 1.54) is 12.1 Å². The minimum absolute atomic E-state index is 0.185. The van der Waals surface area contributed by atoms with Gasteiger partial charge in [-0.15, -0.1) is 0 Å². The van der Waals surface area contributed by atoms with E-state index in [4.69, 9.17) is 14.7 Å². The van der Waals surface area contributed by atoms with Crippen molar-refractivity contribution in [1.82, 2.24) is 4.98 Å². The molecule has 2 N–H and O–H groups in total. The van der Waals surface area contributed by atoms with E-state index >= 15 is 0 Å². The Bertz CT molecular complexity index is 1030. The molecule has 1 atom stereocenters. The van der Waals surface area contributed by atoms with Crippen molar-refractivity contribution in [3.8, 4) is 11.5 Å². The summed E-state index contributed by atoms with van der Waals surface area (Å²) in [5.74, 6) is 1.05. The van der Waals surface area contributed by atoms with Crippen molar-refractivity contribution in [1.29, 1.82) is 0 Å². The van der Waals surface area contributed by atoms with Gasteiger partial charge in [-0.05, 0) is 47.5 Å². The number of fused-ring (bicyclic) bond motifs is 1. The molecular weight excluding hydrogens is 360 g/mol. The molecule has 0 bridgehead atoms. The number of rotatable bonds is 5. The summed E-state index contributed by atoms with van der Waals surface area (Å²) in [6.07, 6.45) is 4.96. The Morgan fingerprint density at radius 3 is 2.71 bits per heavy atom. The van der Waals surface area contributed by atoms with Crippen LogP contribution in [0, 0.1) is 5.21 Å². The van der Waals surface area contributed by atoms with E-state index < -0.39 is 5.23 Å². The van der Waals surface area contributed by atoms with E-state index in [9.17, 15) is 10.0 Å². The minimum atomic E-state index is -0.969. The number of Topliss-reactive ketones (excluding diaryl/α,β-unsaturated/α-hetero) is 1. The van der Waals surface area contributed by atoms with E-state index in [0.717, 1.165) is 11.1 Å². The molecule has 0 spiro atoms. The first-order valence-corrected chi connectivity index (χ1v) is 8.53. The van der Waals surface area contributed by atoms with Crippen LogP contribution in [-0.2, 0) is 6.61 Å². The van der Waals surface area contributed by atoms with Gasteiger partial charge in [0.2, 0.25) is 5.78 Å². The molecule has 140 valence electrons. The summed E-state index contributed by atoms with van der Waals surface area (Å²) >= 11 is 0. The number of nitrogens with zero attached hydrogens (tertiary/aromatic N) is 1. The van der Waals surface area contributed by atoms with E-state index in [2.05, 4.69) is 4.98 Å². The first kappa shape index (κ1) is 17.9. The van der Waals surface area contributed by atoms with Crippen molar-refractivity contribution in [3.63, 3.8) is 0 Å². The van der Waals surface area contributed by atoms with Crippen LogP contribution in [0.2, 0.25) is 0 Å². The summed E-state index contributed by atoms with van der Waals surface area (Å²) in [6, 6.07) is 15.1. The molecule has 28 heavy (non-hydrogen) atoms. The quantitative estimate of drug-likeness (QED) is 0.525. The van der Waals surface area contributed by atoms with Crippen molar-refractivity contribution in [2.24, 2.45) is 0 Å². The molecule has 0 amide bonds. The highest BCUT2D eigenvalue weighted by Gasteiger charge is 2.27. The molecule has 1 unspecified atom stereocenters. The van der Waals surface area contributed by atoms with E-state index in [1.54, 1.807) is 54.9 Å². The van der Waals surface area contributed by atoms with Crippen molar-refractivity contribution < 1.29 is 24.7 Å². The summed E-state index contributed by atoms with van der Waals surface area (Å²) < 4.78 is 11.4. The standard InChI is InChI=1S/C21H16N2O5/c24-21-18-8-7-17(27-13-14-3-5-16(6-4-14)23(25)26)11-19(18)28-20(21)10-15-2-1-9-22-12-15/h1-12,23,25H,13H2. The minimum Gasteiger partial charge on any atom is -0.595 e. The highest BCUT2D eigenvalue weighted by atomic mass is 16.8. The SMILES string of the molecule is O=C1C(=Cc2cccnc2)Oc2cc(OCc3ccc([NH+]([O-])O)cc3)ccc21. The van der Waals surface area contributed by atoms with Gasteiger partial charge >= 0.3 is 0 Å². The molecule has 2 heterocycles. The number of ether oxygens (including phenoxy) is 2. The molecule has 2 aromatic carbocycles. The zero-order valence-electron chi connectivity index (χ0n) is 14.7. The van der Waals surface area contributed by atoms with E-state index in [0.29, 0.717) is 17.1 Å². The second-order valence-electron chi connectivity index (χ2n) is 6.17. The van der Waals surface area contributed by atoms with Gasteiger partial charge in [0, 0.05) is 30.6 Å². The normalized spacial score (nSPS) is 15.2. The maximum Gasteiger partial charge on any atom is 0.231 e. The predicted octanol–water partition coefficient (Wildman–Crippen LogP) is 2.68. The van der Waals surface area contributed by atoms with E-state index in [1.807, 2.05) is 6.07 Å². The zero-order chi connectivity index (χ0) is 19.5. The summed E-state index contributed by atoms with van der Waals surface area (Å²) in [6.45, 7) is 0.269. The van der Waals surface area contributed by atoms with Crippen LogP contribution >= 0.6 is 0 Å². The van der Waals surface area contributed by atoms with Gasteiger partial charge in [0.05, 0.1) is 5.56 Å². The van der Waals surface area contributed by atoms with Crippen LogP contribution in [-0.4, -0.2) is 16.0 Å². The number of hydrogen-bond acceptors (Lipinski definition) is 6. The maximum atomic E-state index is 12.5. The lowest BCUT2D eigenvalue weighted by atomic mass is 10.1. The van der Waals surface area contributed by atoms with Crippen LogP contribution in [0.5, 0.6) is 11.5 Å². The van der Waals surface area contributed by atoms with Gasteiger partial charge in [0.1, 0.15) is 18.1 Å². The van der Waals surface area contributed by atoms with Crippen molar-refractivity contribution in [2.45, 2.75) is 6.61 Å². The number of hydrogen-bond donors (Lipinski definition) is 2. The third-order valence-electron chi connectivity index (χ3n) is 4.23. The number of aromatic nitrogens is 1. The Morgan fingerprint density at radius 1 is 1.18 bits per heavy atom. The van der Waals surface area contributed by atoms with Gasteiger partial charge in [-0.25, -0.2) is 5.21 Å². The lowest BCUT2D eigenvalue weighted by molar-refractivity contribution is -0.991. The maximum absolute atomic E-state index is 12.5. The molecule has 1 aliphatic rings. The van der Waals surface area contributed by atoms with Crippen molar-refractivity contribution >= 4 is 17.5 Å². The number of allylic oxidation sites excluding steroid dienone is 1. The van der Waals surface area contributed by atoms with Crippen LogP contribution in [0.3, 0.4) is 0 Å². The molecule has 4 rings (SSSR count). The topological polar surface area (TPSA) is 96.2 Å². The van der Waals surface area contributed by atoms with Crippen molar-refractivity contribution in [2.75, 3.05) is 0 Å². The van der Waals surface area contributed by atoms with Crippen LogP contribution in [0.15, 0.2) is 72.8 Å². The highest BCUT2D eigenvalue weighted by Crippen LogP contribution is 2.35. The Balaban J connectivity index is 1.46. The van der Waals surface area contributed by atoms with Gasteiger partial charge in [-0.1, -0.05) is 6.07 Å². The van der Waals surface area contributed by atoms with E-state index in [-0.39, 0.29) is 23.8 Å². The number of carbonyl (C=O) groups is 1. The largest absolute Gasteiger partial charge is 0.595 e. The summed E-state index contributed by atoms with van der Waals surface area (Å²) in [7, 11) is 0. The molecule has 7 nitrogen and oxygen atoms in total. The lowest BCUT2D eigenvalue weighted by Gasteiger charge is -2.12. The van der Waals surface area contributed by atoms with Crippen LogP contribution in [0.4, 0.5) is 5.69 Å². The molecule has 0 radical (unpaired) electrons. The monoisotopic (exact) mass is 376 g/mol. The Morgan fingerprint density at radius 2 is 2.00 bits per heavy atom. The molecule has 0 saturated heterocycles. The first-order chi connectivity index (χ1) is 13.6. The fraction of sp³-hybridized carbons (Fsp3) is 0.0476. The van der Waals surface area contributed by atoms with Crippen molar-refractivity contribution in [3.05, 3.63) is 94.6 Å². The fourth-order valence-electron chi connectivity index (χ4n) is 2.78. The fourth-order valence-corrected chi connectivity index (χ4v) is 2.78. The molecule has 0 saturated carbocycles. The third kappa shape index (κ3) is 3.77. The average Bonchev–Trinajstić information content (AvgIpc) is 3.02. The molecule has 1 aliphatic heterocycles. The third-order valence-corrected chi connectivity index (χ3v) is 4.23. The molecule has 0 aliphatic carbocycles.